The number of methoxy groups -OCH3 is 1. The largest absolute Gasteiger partial charge is 0.496 e. The predicted molar refractivity (Wildman–Crippen MR) is 75.1 cm³/mol. The lowest BCUT2D eigenvalue weighted by atomic mass is 10.1. The van der Waals surface area contributed by atoms with E-state index in [0.717, 1.165) is 22.4 Å². The molecule has 0 aliphatic rings. The number of fused-ring (bicyclic) bond motifs is 1. The van der Waals surface area contributed by atoms with E-state index in [4.69, 9.17) is 14.9 Å². The van der Waals surface area contributed by atoms with Gasteiger partial charge in [-0.3, -0.25) is 0 Å². The predicted octanol–water partition coefficient (Wildman–Crippen LogP) is 3.39. The lowest BCUT2D eigenvalue weighted by molar-refractivity contribution is 0.411. The normalized spacial score (nSPS) is 10.8. The van der Waals surface area contributed by atoms with Gasteiger partial charge in [-0.05, 0) is 36.8 Å². The van der Waals surface area contributed by atoms with E-state index in [-0.39, 0.29) is 0 Å². The molecule has 0 unspecified atom stereocenters. The van der Waals surface area contributed by atoms with Gasteiger partial charge in [-0.1, -0.05) is 6.07 Å². The Morgan fingerprint density at radius 3 is 2.79 bits per heavy atom. The maximum Gasteiger partial charge on any atom is 0.227 e. The number of aromatic nitrogens is 1. The Labute approximate surface area is 110 Å². The van der Waals surface area contributed by atoms with Gasteiger partial charge in [-0.15, -0.1) is 0 Å². The van der Waals surface area contributed by atoms with Crippen LogP contribution >= 0.6 is 0 Å². The Kier molecular flexibility index (Phi) is 2.63. The van der Waals surface area contributed by atoms with Gasteiger partial charge in [-0.2, -0.15) is 0 Å². The fourth-order valence-electron chi connectivity index (χ4n) is 2.02. The zero-order chi connectivity index (χ0) is 13.4. The van der Waals surface area contributed by atoms with Gasteiger partial charge in [0.2, 0.25) is 5.89 Å². The van der Waals surface area contributed by atoms with Crippen LogP contribution in [-0.2, 0) is 0 Å². The third kappa shape index (κ3) is 2.01. The molecule has 0 amide bonds. The van der Waals surface area contributed by atoms with E-state index in [2.05, 4.69) is 4.98 Å². The van der Waals surface area contributed by atoms with Crippen LogP contribution in [0, 0.1) is 6.92 Å². The number of oxazole rings is 1. The highest BCUT2D eigenvalue weighted by atomic mass is 16.5. The summed E-state index contributed by atoms with van der Waals surface area (Å²) in [6.45, 7) is 2.00. The first-order chi connectivity index (χ1) is 9.17. The zero-order valence-electron chi connectivity index (χ0n) is 10.8. The molecule has 0 radical (unpaired) electrons. The van der Waals surface area contributed by atoms with Crippen molar-refractivity contribution in [2.75, 3.05) is 12.8 Å². The number of aryl methyl sites for hydroxylation is 1. The van der Waals surface area contributed by atoms with E-state index >= 15 is 0 Å². The second kappa shape index (κ2) is 4.31. The van der Waals surface area contributed by atoms with Gasteiger partial charge in [0, 0.05) is 17.3 Å². The van der Waals surface area contributed by atoms with Crippen LogP contribution in [0.2, 0.25) is 0 Å². The molecule has 3 aromatic rings. The Morgan fingerprint density at radius 2 is 2.00 bits per heavy atom. The minimum atomic E-state index is 0.568. The molecule has 4 heteroatoms. The van der Waals surface area contributed by atoms with Crippen LogP contribution in [0.25, 0.3) is 22.6 Å². The van der Waals surface area contributed by atoms with Crippen molar-refractivity contribution in [2.24, 2.45) is 0 Å². The van der Waals surface area contributed by atoms with Crippen molar-refractivity contribution in [3.8, 4) is 17.2 Å². The lowest BCUT2D eigenvalue weighted by Gasteiger charge is -2.05. The third-order valence-electron chi connectivity index (χ3n) is 3.07. The maximum absolute atomic E-state index is 5.73. The first-order valence-corrected chi connectivity index (χ1v) is 5.98. The van der Waals surface area contributed by atoms with Crippen molar-refractivity contribution in [1.29, 1.82) is 0 Å². The molecule has 96 valence electrons. The van der Waals surface area contributed by atoms with E-state index in [1.807, 2.05) is 37.3 Å². The summed E-state index contributed by atoms with van der Waals surface area (Å²) in [5.74, 6) is 1.39. The molecule has 0 aliphatic carbocycles. The van der Waals surface area contributed by atoms with Gasteiger partial charge in [0.05, 0.1) is 7.11 Å². The Hall–Kier alpha value is -2.49. The summed E-state index contributed by atoms with van der Waals surface area (Å²) >= 11 is 0. The molecule has 4 nitrogen and oxygen atoms in total. The quantitative estimate of drug-likeness (QED) is 0.712. The molecule has 3 rings (SSSR count). The van der Waals surface area contributed by atoms with Crippen LogP contribution in [0.3, 0.4) is 0 Å². The summed E-state index contributed by atoms with van der Waals surface area (Å²) in [5, 5.41) is 0. The molecule has 0 aliphatic heterocycles. The van der Waals surface area contributed by atoms with E-state index < -0.39 is 0 Å². The Balaban J connectivity index is 2.13. The van der Waals surface area contributed by atoms with E-state index in [0.29, 0.717) is 17.2 Å². The molecule has 0 spiro atoms. The van der Waals surface area contributed by atoms with E-state index in [9.17, 15) is 0 Å². The van der Waals surface area contributed by atoms with Crippen molar-refractivity contribution >= 4 is 16.8 Å². The van der Waals surface area contributed by atoms with Gasteiger partial charge in [0.1, 0.15) is 11.3 Å². The van der Waals surface area contributed by atoms with Gasteiger partial charge in [-0.25, -0.2) is 4.98 Å². The molecular formula is C15H14N2O2. The maximum atomic E-state index is 5.73. The topological polar surface area (TPSA) is 61.3 Å². The van der Waals surface area contributed by atoms with Gasteiger partial charge < -0.3 is 14.9 Å². The number of hydrogen-bond donors (Lipinski definition) is 1. The lowest BCUT2D eigenvalue weighted by Crippen LogP contribution is -1.87. The van der Waals surface area contributed by atoms with Crippen LogP contribution in [0.1, 0.15) is 5.56 Å². The van der Waals surface area contributed by atoms with E-state index in [1.165, 1.54) is 0 Å². The summed E-state index contributed by atoms with van der Waals surface area (Å²) in [4.78, 5) is 4.45. The standard InChI is InChI=1S/C15H14N2O2/c1-9-3-4-10(7-13(9)18-2)15-17-12-6-5-11(16)8-14(12)19-15/h3-8H,16H2,1-2H3. The SMILES string of the molecule is COc1cc(-c2nc3ccc(N)cc3o2)ccc1C. The number of ether oxygens (including phenoxy) is 1. The number of nitrogen functional groups attached to an aromatic ring is 1. The number of nitrogens with zero attached hydrogens (tertiary/aromatic N) is 1. The minimum absolute atomic E-state index is 0.568. The highest BCUT2D eigenvalue weighted by Gasteiger charge is 2.10. The van der Waals surface area contributed by atoms with Crippen LogP contribution in [0.5, 0.6) is 5.75 Å². The van der Waals surface area contributed by atoms with Crippen molar-refractivity contribution in [3.63, 3.8) is 0 Å². The number of anilines is 1. The molecule has 0 fully saturated rings. The monoisotopic (exact) mass is 254 g/mol. The summed E-state index contributed by atoms with van der Waals surface area (Å²) < 4.78 is 11.0. The van der Waals surface area contributed by atoms with Crippen molar-refractivity contribution < 1.29 is 9.15 Å². The van der Waals surface area contributed by atoms with Crippen molar-refractivity contribution in [1.82, 2.24) is 4.98 Å². The summed E-state index contributed by atoms with van der Waals surface area (Å²) in [5.41, 5.74) is 9.84. The molecular weight excluding hydrogens is 240 g/mol. The smallest absolute Gasteiger partial charge is 0.227 e. The highest BCUT2D eigenvalue weighted by Crippen LogP contribution is 2.29. The van der Waals surface area contributed by atoms with Crippen molar-refractivity contribution in [2.45, 2.75) is 6.92 Å². The second-order valence-corrected chi connectivity index (χ2v) is 4.43. The Morgan fingerprint density at radius 1 is 1.16 bits per heavy atom. The Bertz CT molecular complexity index is 747. The summed E-state index contributed by atoms with van der Waals surface area (Å²) in [7, 11) is 1.65. The molecule has 2 aromatic carbocycles. The average molecular weight is 254 g/mol. The minimum Gasteiger partial charge on any atom is -0.496 e. The van der Waals surface area contributed by atoms with Gasteiger partial charge in [0.15, 0.2) is 5.58 Å². The molecule has 0 saturated carbocycles. The van der Waals surface area contributed by atoms with Gasteiger partial charge >= 0.3 is 0 Å². The molecule has 2 N–H and O–H groups in total. The van der Waals surface area contributed by atoms with Gasteiger partial charge in [0.25, 0.3) is 0 Å². The van der Waals surface area contributed by atoms with Crippen LogP contribution in [-0.4, -0.2) is 12.1 Å². The third-order valence-corrected chi connectivity index (χ3v) is 3.07. The zero-order valence-corrected chi connectivity index (χ0v) is 10.8. The molecule has 0 atom stereocenters. The number of hydrogen-bond acceptors (Lipinski definition) is 4. The molecule has 0 saturated heterocycles. The van der Waals surface area contributed by atoms with E-state index in [1.54, 1.807) is 13.2 Å². The number of benzene rings is 2. The van der Waals surface area contributed by atoms with Crippen LogP contribution in [0.4, 0.5) is 5.69 Å². The molecule has 1 heterocycles. The second-order valence-electron chi connectivity index (χ2n) is 4.43. The highest BCUT2D eigenvalue weighted by molar-refractivity contribution is 5.79. The molecule has 1 aromatic heterocycles. The molecule has 19 heavy (non-hydrogen) atoms. The molecule has 0 bridgehead atoms. The first kappa shape index (κ1) is 11.6. The number of nitrogens with two attached hydrogens (primary N) is 1. The van der Waals surface area contributed by atoms with Crippen LogP contribution in [0.15, 0.2) is 40.8 Å². The summed E-state index contributed by atoms with van der Waals surface area (Å²) in [6.07, 6.45) is 0. The fraction of sp³-hybridized carbons (Fsp3) is 0.133. The summed E-state index contributed by atoms with van der Waals surface area (Å²) in [6, 6.07) is 11.3. The average Bonchev–Trinajstić information content (AvgIpc) is 2.82. The fourth-order valence-corrected chi connectivity index (χ4v) is 2.02. The van der Waals surface area contributed by atoms with Crippen LogP contribution < -0.4 is 10.5 Å². The first-order valence-electron chi connectivity index (χ1n) is 5.98. The van der Waals surface area contributed by atoms with Crippen molar-refractivity contribution in [3.05, 3.63) is 42.0 Å². The number of rotatable bonds is 2.